The molecule has 2 aliphatic rings. The van der Waals surface area contributed by atoms with Crippen molar-refractivity contribution in [2.75, 3.05) is 20.2 Å². The minimum Gasteiger partial charge on any atom is -0.468 e. The van der Waals surface area contributed by atoms with Crippen molar-refractivity contribution in [3.05, 3.63) is 0 Å². The third-order valence-electron chi connectivity index (χ3n) is 4.11. The van der Waals surface area contributed by atoms with Crippen LogP contribution in [0.25, 0.3) is 0 Å². The standard InChI is InChI=1S/C12H21NO2/c1-9-4-3-5-10(9)8-13-7-6-11(13)12(14)15-2/h9-11H,3-8H2,1-2H3. The predicted octanol–water partition coefficient (Wildman–Crippen LogP) is 1.67. The molecule has 1 aliphatic heterocycles. The molecule has 1 saturated heterocycles. The SMILES string of the molecule is COC(=O)C1CCN1CC1CCCC1C. The highest BCUT2D eigenvalue weighted by Crippen LogP contribution is 2.33. The number of carbonyl (C=O) groups is 1. The van der Waals surface area contributed by atoms with E-state index in [4.69, 9.17) is 4.74 Å². The number of carbonyl (C=O) groups excluding carboxylic acids is 1. The summed E-state index contributed by atoms with van der Waals surface area (Å²) in [6.07, 6.45) is 5.04. The van der Waals surface area contributed by atoms with Crippen LogP contribution in [0.15, 0.2) is 0 Å². The summed E-state index contributed by atoms with van der Waals surface area (Å²) in [6, 6.07) is 0.0581. The van der Waals surface area contributed by atoms with Gasteiger partial charge in [0.25, 0.3) is 0 Å². The van der Waals surface area contributed by atoms with E-state index >= 15 is 0 Å². The Bertz CT molecular complexity index is 242. The van der Waals surface area contributed by atoms with E-state index in [0.717, 1.165) is 31.3 Å². The van der Waals surface area contributed by atoms with Crippen LogP contribution in [-0.2, 0) is 9.53 Å². The monoisotopic (exact) mass is 211 g/mol. The Hall–Kier alpha value is -0.570. The van der Waals surface area contributed by atoms with Crippen LogP contribution in [0, 0.1) is 11.8 Å². The van der Waals surface area contributed by atoms with Crippen molar-refractivity contribution >= 4 is 5.97 Å². The lowest BCUT2D eigenvalue weighted by atomic mass is 9.94. The van der Waals surface area contributed by atoms with Gasteiger partial charge in [0.05, 0.1) is 7.11 Å². The van der Waals surface area contributed by atoms with E-state index < -0.39 is 0 Å². The van der Waals surface area contributed by atoms with E-state index in [1.54, 1.807) is 0 Å². The molecule has 0 amide bonds. The number of ether oxygens (including phenoxy) is 1. The van der Waals surface area contributed by atoms with Gasteiger partial charge in [0.15, 0.2) is 0 Å². The van der Waals surface area contributed by atoms with Crippen LogP contribution in [0.3, 0.4) is 0 Å². The molecular formula is C12H21NO2. The molecule has 3 atom stereocenters. The molecule has 1 saturated carbocycles. The van der Waals surface area contributed by atoms with Crippen molar-refractivity contribution in [2.45, 2.75) is 38.6 Å². The molecule has 0 radical (unpaired) electrons. The number of rotatable bonds is 3. The molecule has 1 aliphatic carbocycles. The lowest BCUT2D eigenvalue weighted by Crippen LogP contribution is -2.54. The van der Waals surface area contributed by atoms with Gasteiger partial charge in [-0.2, -0.15) is 0 Å². The normalized spacial score (nSPS) is 36.3. The lowest BCUT2D eigenvalue weighted by Gasteiger charge is -2.40. The molecule has 0 N–H and O–H groups in total. The van der Waals surface area contributed by atoms with Gasteiger partial charge in [-0.25, -0.2) is 0 Å². The molecule has 0 aromatic heterocycles. The number of hydrogen-bond donors (Lipinski definition) is 0. The Labute approximate surface area is 91.8 Å². The summed E-state index contributed by atoms with van der Waals surface area (Å²) in [5.74, 6) is 1.59. The number of methoxy groups -OCH3 is 1. The van der Waals surface area contributed by atoms with E-state index in [9.17, 15) is 4.79 Å². The number of esters is 1. The maximum absolute atomic E-state index is 11.4. The number of likely N-dealkylation sites (tertiary alicyclic amines) is 1. The van der Waals surface area contributed by atoms with Crippen LogP contribution in [0.5, 0.6) is 0 Å². The molecule has 2 rings (SSSR count). The van der Waals surface area contributed by atoms with Crippen LogP contribution in [0.1, 0.15) is 32.6 Å². The van der Waals surface area contributed by atoms with Gasteiger partial charge in [0.1, 0.15) is 6.04 Å². The first-order valence-corrected chi connectivity index (χ1v) is 6.04. The Morgan fingerprint density at radius 1 is 1.40 bits per heavy atom. The average molecular weight is 211 g/mol. The van der Waals surface area contributed by atoms with E-state index in [-0.39, 0.29) is 12.0 Å². The second-order valence-corrected chi connectivity index (χ2v) is 4.99. The summed E-state index contributed by atoms with van der Waals surface area (Å²) in [5, 5.41) is 0. The molecule has 0 bridgehead atoms. The van der Waals surface area contributed by atoms with Crippen LogP contribution < -0.4 is 0 Å². The Morgan fingerprint density at radius 3 is 2.67 bits per heavy atom. The molecule has 0 aromatic carbocycles. The summed E-state index contributed by atoms with van der Waals surface area (Å²) >= 11 is 0. The lowest BCUT2D eigenvalue weighted by molar-refractivity contribution is -0.152. The molecular weight excluding hydrogens is 190 g/mol. The number of hydrogen-bond acceptors (Lipinski definition) is 3. The molecule has 15 heavy (non-hydrogen) atoms. The Kier molecular flexibility index (Phi) is 3.29. The third-order valence-corrected chi connectivity index (χ3v) is 4.11. The topological polar surface area (TPSA) is 29.5 Å². The summed E-state index contributed by atoms with van der Waals surface area (Å²) < 4.78 is 4.80. The molecule has 3 unspecified atom stereocenters. The zero-order valence-corrected chi connectivity index (χ0v) is 9.74. The van der Waals surface area contributed by atoms with E-state index in [1.807, 2.05) is 0 Å². The second kappa shape index (κ2) is 4.52. The van der Waals surface area contributed by atoms with Crippen molar-refractivity contribution in [1.82, 2.24) is 4.90 Å². The quantitative estimate of drug-likeness (QED) is 0.665. The zero-order valence-electron chi connectivity index (χ0n) is 9.74. The van der Waals surface area contributed by atoms with Crippen LogP contribution in [0.4, 0.5) is 0 Å². The first-order chi connectivity index (χ1) is 7.22. The van der Waals surface area contributed by atoms with Gasteiger partial charge in [0.2, 0.25) is 0 Å². The van der Waals surface area contributed by atoms with Crippen LogP contribution >= 0.6 is 0 Å². The molecule has 0 aromatic rings. The molecule has 0 spiro atoms. The highest BCUT2D eigenvalue weighted by molar-refractivity contribution is 5.76. The minimum absolute atomic E-state index is 0.0492. The smallest absolute Gasteiger partial charge is 0.323 e. The first kappa shape index (κ1) is 10.9. The number of nitrogens with zero attached hydrogens (tertiary/aromatic N) is 1. The van der Waals surface area contributed by atoms with Gasteiger partial charge in [0, 0.05) is 13.1 Å². The van der Waals surface area contributed by atoms with Crippen molar-refractivity contribution in [1.29, 1.82) is 0 Å². The second-order valence-electron chi connectivity index (χ2n) is 4.99. The van der Waals surface area contributed by atoms with Gasteiger partial charge in [-0.1, -0.05) is 19.8 Å². The van der Waals surface area contributed by atoms with E-state index in [1.165, 1.54) is 26.4 Å². The van der Waals surface area contributed by atoms with Crippen molar-refractivity contribution in [3.63, 3.8) is 0 Å². The maximum Gasteiger partial charge on any atom is 0.323 e. The highest BCUT2D eigenvalue weighted by atomic mass is 16.5. The van der Waals surface area contributed by atoms with Gasteiger partial charge < -0.3 is 4.74 Å². The Morgan fingerprint density at radius 2 is 2.20 bits per heavy atom. The van der Waals surface area contributed by atoms with Gasteiger partial charge in [-0.3, -0.25) is 9.69 Å². The maximum atomic E-state index is 11.4. The van der Waals surface area contributed by atoms with Crippen molar-refractivity contribution in [2.24, 2.45) is 11.8 Å². The third kappa shape index (κ3) is 2.17. The van der Waals surface area contributed by atoms with Crippen molar-refractivity contribution < 1.29 is 9.53 Å². The van der Waals surface area contributed by atoms with Crippen molar-refractivity contribution in [3.8, 4) is 0 Å². The molecule has 86 valence electrons. The van der Waals surface area contributed by atoms with Gasteiger partial charge in [-0.15, -0.1) is 0 Å². The summed E-state index contributed by atoms with van der Waals surface area (Å²) in [5.41, 5.74) is 0. The average Bonchev–Trinajstić information content (AvgIpc) is 2.58. The minimum atomic E-state index is -0.0492. The Balaban J connectivity index is 1.82. The van der Waals surface area contributed by atoms with Crippen LogP contribution in [0.2, 0.25) is 0 Å². The van der Waals surface area contributed by atoms with Gasteiger partial charge in [-0.05, 0) is 24.7 Å². The van der Waals surface area contributed by atoms with Gasteiger partial charge >= 0.3 is 5.97 Å². The summed E-state index contributed by atoms with van der Waals surface area (Å²) in [6.45, 7) is 4.51. The molecule has 2 fully saturated rings. The largest absolute Gasteiger partial charge is 0.468 e. The highest BCUT2D eigenvalue weighted by Gasteiger charge is 2.37. The fourth-order valence-corrected chi connectivity index (χ4v) is 2.86. The van der Waals surface area contributed by atoms with E-state index in [2.05, 4.69) is 11.8 Å². The van der Waals surface area contributed by atoms with E-state index in [0.29, 0.717) is 0 Å². The molecule has 1 heterocycles. The molecule has 3 nitrogen and oxygen atoms in total. The fourth-order valence-electron chi connectivity index (χ4n) is 2.86. The molecule has 3 heteroatoms. The fraction of sp³-hybridized carbons (Fsp3) is 0.917. The summed E-state index contributed by atoms with van der Waals surface area (Å²) in [4.78, 5) is 13.7. The van der Waals surface area contributed by atoms with Crippen LogP contribution in [-0.4, -0.2) is 37.1 Å². The summed E-state index contributed by atoms with van der Waals surface area (Å²) in [7, 11) is 1.48. The first-order valence-electron chi connectivity index (χ1n) is 6.04. The zero-order chi connectivity index (χ0) is 10.8. The predicted molar refractivity (Wildman–Crippen MR) is 58.5 cm³/mol.